The molecule has 1 atom stereocenters. The fourth-order valence-electron chi connectivity index (χ4n) is 5.03. The number of para-hydroxylation sites is 3. The second-order valence-corrected chi connectivity index (χ2v) is 8.92. The minimum Gasteiger partial charge on any atom is -0.457 e. The van der Waals surface area contributed by atoms with E-state index in [-0.39, 0.29) is 0 Å². The maximum absolute atomic E-state index is 6.34. The largest absolute Gasteiger partial charge is 0.457 e. The van der Waals surface area contributed by atoms with Gasteiger partial charge in [0, 0.05) is 48.7 Å². The van der Waals surface area contributed by atoms with Gasteiger partial charge >= 0.3 is 0 Å². The van der Waals surface area contributed by atoms with Gasteiger partial charge in [-0.25, -0.2) is 0 Å². The van der Waals surface area contributed by atoms with E-state index in [1.165, 1.54) is 22.6 Å². The Labute approximate surface area is 195 Å². The van der Waals surface area contributed by atoms with E-state index in [1.807, 2.05) is 12.1 Å². The summed E-state index contributed by atoms with van der Waals surface area (Å²) in [7, 11) is 2.13. The summed E-state index contributed by atoms with van der Waals surface area (Å²) in [5, 5.41) is 0. The topological polar surface area (TPSA) is 19.0 Å². The van der Waals surface area contributed by atoms with Crippen molar-refractivity contribution >= 4 is 28.4 Å². The van der Waals surface area contributed by atoms with E-state index >= 15 is 0 Å². The van der Waals surface area contributed by atoms with Gasteiger partial charge in [-0.1, -0.05) is 49.4 Å². The van der Waals surface area contributed by atoms with E-state index in [9.17, 15) is 0 Å². The normalized spacial score (nSPS) is 16.7. The van der Waals surface area contributed by atoms with E-state index in [0.29, 0.717) is 5.92 Å². The maximum atomic E-state index is 6.34. The van der Waals surface area contributed by atoms with Crippen molar-refractivity contribution in [2.24, 2.45) is 0 Å². The van der Waals surface area contributed by atoms with Gasteiger partial charge < -0.3 is 19.4 Å². The predicted molar refractivity (Wildman–Crippen MR) is 137 cm³/mol. The van der Waals surface area contributed by atoms with Gasteiger partial charge in [-0.05, 0) is 48.0 Å². The number of ether oxygens (including phenoxy) is 1. The van der Waals surface area contributed by atoms with Crippen molar-refractivity contribution < 1.29 is 4.74 Å². The molecular weight excluding hydrogens is 406 g/mol. The first-order valence-electron chi connectivity index (χ1n) is 11.5. The molecule has 0 amide bonds. The van der Waals surface area contributed by atoms with Crippen LogP contribution in [-0.2, 0) is 0 Å². The Hall–Kier alpha value is -3.92. The van der Waals surface area contributed by atoms with Crippen LogP contribution in [0.2, 0.25) is 0 Å². The summed E-state index contributed by atoms with van der Waals surface area (Å²) in [6, 6.07) is 34.0. The van der Waals surface area contributed by atoms with Crippen LogP contribution in [0.5, 0.6) is 11.5 Å². The molecule has 2 aliphatic rings. The van der Waals surface area contributed by atoms with E-state index in [2.05, 4.69) is 114 Å². The van der Waals surface area contributed by atoms with Crippen molar-refractivity contribution in [1.29, 1.82) is 0 Å². The zero-order valence-corrected chi connectivity index (χ0v) is 19.0. The molecule has 164 valence electrons. The average Bonchev–Trinajstić information content (AvgIpc) is 3.37. The van der Waals surface area contributed by atoms with Gasteiger partial charge in [0.1, 0.15) is 11.5 Å². The summed E-state index contributed by atoms with van der Waals surface area (Å²) in [6.07, 6.45) is 0. The zero-order valence-electron chi connectivity index (χ0n) is 19.0. The first kappa shape index (κ1) is 19.7. The lowest BCUT2D eigenvalue weighted by Gasteiger charge is -2.21. The minimum atomic E-state index is 0.518. The highest BCUT2D eigenvalue weighted by atomic mass is 16.5. The number of benzene rings is 4. The zero-order chi connectivity index (χ0) is 22.4. The standard InChI is InChI=1S/C29H27N3O/c1-21-19-31(27-14-4-3-13-26(21)27)22-9-7-11-24(17-22)33-25-12-8-10-23(18-25)32-20-30(2)28-15-5-6-16-29(28)32/h3-18,21H,19-20H2,1-2H3. The van der Waals surface area contributed by atoms with Gasteiger partial charge in [-0.3, -0.25) is 0 Å². The molecule has 4 aromatic rings. The molecule has 33 heavy (non-hydrogen) atoms. The van der Waals surface area contributed by atoms with Gasteiger partial charge in [0.15, 0.2) is 0 Å². The maximum Gasteiger partial charge on any atom is 0.129 e. The van der Waals surface area contributed by atoms with E-state index in [1.54, 1.807) is 0 Å². The molecule has 0 saturated carbocycles. The number of nitrogens with zero attached hydrogens (tertiary/aromatic N) is 3. The minimum absolute atomic E-state index is 0.518. The molecule has 0 fully saturated rings. The molecule has 6 rings (SSSR count). The summed E-state index contributed by atoms with van der Waals surface area (Å²) in [6.45, 7) is 4.10. The molecule has 4 aromatic carbocycles. The third kappa shape index (κ3) is 3.48. The van der Waals surface area contributed by atoms with Crippen LogP contribution in [-0.4, -0.2) is 20.3 Å². The first-order chi connectivity index (χ1) is 16.2. The molecule has 0 radical (unpaired) electrons. The molecule has 0 aliphatic carbocycles. The van der Waals surface area contributed by atoms with Crippen LogP contribution in [0.25, 0.3) is 0 Å². The Balaban J connectivity index is 1.27. The van der Waals surface area contributed by atoms with Crippen molar-refractivity contribution in [2.75, 3.05) is 35.0 Å². The van der Waals surface area contributed by atoms with Gasteiger partial charge in [0.2, 0.25) is 0 Å². The summed E-state index contributed by atoms with van der Waals surface area (Å²) in [5.41, 5.74) is 7.46. The van der Waals surface area contributed by atoms with E-state index in [0.717, 1.165) is 36.1 Å². The molecule has 4 heteroatoms. The molecule has 0 N–H and O–H groups in total. The van der Waals surface area contributed by atoms with Crippen LogP contribution in [0, 0.1) is 0 Å². The molecule has 0 aromatic heterocycles. The molecule has 0 spiro atoms. The molecule has 1 unspecified atom stereocenters. The number of rotatable bonds is 4. The van der Waals surface area contributed by atoms with Gasteiger partial charge in [0.25, 0.3) is 0 Å². The number of hydrogen-bond donors (Lipinski definition) is 0. The predicted octanol–water partition coefficient (Wildman–Crippen LogP) is 7.28. The Morgan fingerprint density at radius 2 is 1.27 bits per heavy atom. The summed E-state index contributed by atoms with van der Waals surface area (Å²) < 4.78 is 6.34. The number of anilines is 5. The lowest BCUT2D eigenvalue weighted by atomic mass is 10.0. The fourth-order valence-corrected chi connectivity index (χ4v) is 5.03. The molecular formula is C29H27N3O. The van der Waals surface area contributed by atoms with Crippen molar-refractivity contribution in [3.05, 3.63) is 103 Å². The van der Waals surface area contributed by atoms with Crippen LogP contribution < -0.4 is 19.4 Å². The van der Waals surface area contributed by atoms with Gasteiger partial charge in [-0.2, -0.15) is 0 Å². The highest BCUT2D eigenvalue weighted by Gasteiger charge is 2.26. The third-order valence-corrected chi connectivity index (χ3v) is 6.65. The summed E-state index contributed by atoms with van der Waals surface area (Å²) >= 11 is 0. The van der Waals surface area contributed by atoms with E-state index < -0.39 is 0 Å². The third-order valence-electron chi connectivity index (χ3n) is 6.65. The number of fused-ring (bicyclic) bond motifs is 2. The monoisotopic (exact) mass is 433 g/mol. The molecule has 4 nitrogen and oxygen atoms in total. The Morgan fingerprint density at radius 3 is 2.00 bits per heavy atom. The van der Waals surface area contributed by atoms with Crippen LogP contribution in [0.3, 0.4) is 0 Å². The first-order valence-corrected chi connectivity index (χ1v) is 11.5. The Kier molecular flexibility index (Phi) is 4.72. The molecule has 0 bridgehead atoms. The molecule has 0 saturated heterocycles. The van der Waals surface area contributed by atoms with Crippen molar-refractivity contribution in [1.82, 2.24) is 0 Å². The summed E-state index contributed by atoms with van der Waals surface area (Å²) in [5.74, 6) is 2.21. The second-order valence-electron chi connectivity index (χ2n) is 8.92. The number of hydrogen-bond acceptors (Lipinski definition) is 4. The van der Waals surface area contributed by atoms with Gasteiger partial charge in [-0.15, -0.1) is 0 Å². The highest BCUT2D eigenvalue weighted by Crippen LogP contribution is 2.43. The SMILES string of the molecule is CC1CN(c2cccc(Oc3cccc(N4CN(C)c5ccccc54)c3)c2)c2ccccc21. The van der Waals surface area contributed by atoms with Crippen molar-refractivity contribution in [3.63, 3.8) is 0 Å². The second kappa shape index (κ2) is 7.89. The average molecular weight is 434 g/mol. The Morgan fingerprint density at radius 1 is 0.667 bits per heavy atom. The quantitative estimate of drug-likeness (QED) is 0.337. The van der Waals surface area contributed by atoms with Crippen LogP contribution in [0.15, 0.2) is 97.1 Å². The van der Waals surface area contributed by atoms with Crippen molar-refractivity contribution in [3.8, 4) is 11.5 Å². The smallest absolute Gasteiger partial charge is 0.129 e. The van der Waals surface area contributed by atoms with Gasteiger partial charge in [0.05, 0.1) is 18.0 Å². The van der Waals surface area contributed by atoms with Crippen molar-refractivity contribution in [2.45, 2.75) is 12.8 Å². The van der Waals surface area contributed by atoms with Crippen LogP contribution in [0.4, 0.5) is 28.4 Å². The fraction of sp³-hybridized carbons (Fsp3) is 0.172. The molecule has 2 aliphatic heterocycles. The van der Waals surface area contributed by atoms with E-state index in [4.69, 9.17) is 4.74 Å². The molecule has 2 heterocycles. The van der Waals surface area contributed by atoms with Crippen LogP contribution >= 0.6 is 0 Å². The summed E-state index contributed by atoms with van der Waals surface area (Å²) in [4.78, 5) is 6.97. The highest BCUT2D eigenvalue weighted by molar-refractivity contribution is 5.82. The lowest BCUT2D eigenvalue weighted by Crippen LogP contribution is -2.23. The lowest BCUT2D eigenvalue weighted by molar-refractivity contribution is 0.483. The van der Waals surface area contributed by atoms with Crippen LogP contribution in [0.1, 0.15) is 18.4 Å². The Bertz CT molecular complexity index is 1220.